The molecule has 0 aliphatic carbocycles. The Kier molecular flexibility index (Phi) is 5.81. The lowest BCUT2D eigenvalue weighted by Crippen LogP contribution is -2.46. The Balaban J connectivity index is 2.65. The Morgan fingerprint density at radius 3 is 2.50 bits per heavy atom. The highest BCUT2D eigenvalue weighted by Gasteiger charge is 2.21. The number of likely N-dealkylation sites (N-methyl/N-ethyl adjacent to an activating group) is 1. The van der Waals surface area contributed by atoms with E-state index in [0.717, 1.165) is 4.47 Å². The molecule has 1 aromatic rings. The summed E-state index contributed by atoms with van der Waals surface area (Å²) in [6.45, 7) is 6.86. The van der Waals surface area contributed by atoms with Crippen LogP contribution < -0.4 is 5.32 Å². The van der Waals surface area contributed by atoms with E-state index in [-0.39, 0.29) is 11.8 Å². The van der Waals surface area contributed by atoms with E-state index in [9.17, 15) is 9.59 Å². The van der Waals surface area contributed by atoms with Gasteiger partial charge in [0.25, 0.3) is 5.91 Å². The molecule has 2 amide bonds. The number of hydrogen-bond donors (Lipinski definition) is 1. The lowest BCUT2D eigenvalue weighted by atomic mass is 10.2. The van der Waals surface area contributed by atoms with Crippen molar-refractivity contribution in [3.8, 4) is 0 Å². The second-order valence-corrected chi connectivity index (χ2v) is 5.57. The summed E-state index contributed by atoms with van der Waals surface area (Å²) in [6, 6.07) is 1.31. The molecule has 0 saturated heterocycles. The highest BCUT2D eigenvalue weighted by Crippen LogP contribution is 2.22. The quantitative estimate of drug-likeness (QED) is 0.900. The topological polar surface area (TPSA) is 49.4 Å². The Labute approximate surface area is 119 Å². The third-order valence-electron chi connectivity index (χ3n) is 2.62. The lowest BCUT2D eigenvalue weighted by Gasteiger charge is -2.23. The molecule has 0 radical (unpaired) electrons. The smallest absolute Gasteiger partial charge is 0.263 e. The van der Waals surface area contributed by atoms with Crippen LogP contribution in [0.2, 0.25) is 0 Å². The number of amides is 2. The highest BCUT2D eigenvalue weighted by atomic mass is 79.9. The molecule has 1 unspecified atom stereocenters. The lowest BCUT2D eigenvalue weighted by molar-refractivity contribution is -0.132. The summed E-state index contributed by atoms with van der Waals surface area (Å²) in [5, 5.41) is 4.55. The van der Waals surface area contributed by atoms with E-state index in [1.54, 1.807) is 11.8 Å². The van der Waals surface area contributed by atoms with Crippen molar-refractivity contribution in [1.82, 2.24) is 10.2 Å². The largest absolute Gasteiger partial charge is 0.341 e. The predicted molar refractivity (Wildman–Crippen MR) is 76.9 cm³/mol. The van der Waals surface area contributed by atoms with Crippen LogP contribution in [0.4, 0.5) is 0 Å². The van der Waals surface area contributed by atoms with Gasteiger partial charge in [0.15, 0.2) is 0 Å². The molecule has 6 heteroatoms. The summed E-state index contributed by atoms with van der Waals surface area (Å²) < 4.78 is 0.757. The normalized spacial score (nSPS) is 12.0. The molecule has 0 fully saturated rings. The zero-order valence-corrected chi connectivity index (χ0v) is 13.1. The minimum absolute atomic E-state index is 0.0546. The van der Waals surface area contributed by atoms with Crippen molar-refractivity contribution in [3.05, 3.63) is 20.8 Å². The molecule has 0 aliphatic rings. The average Bonchev–Trinajstić information content (AvgIpc) is 2.76. The number of carbonyl (C=O) groups is 2. The average molecular weight is 333 g/mol. The van der Waals surface area contributed by atoms with Crippen molar-refractivity contribution in [1.29, 1.82) is 0 Å². The van der Waals surface area contributed by atoms with Crippen LogP contribution in [0.5, 0.6) is 0 Å². The third kappa shape index (κ3) is 3.55. The molecular formula is C12H17BrN2O2S. The van der Waals surface area contributed by atoms with Gasteiger partial charge in [-0.2, -0.15) is 0 Å². The molecule has 1 heterocycles. The number of halogens is 1. The fraction of sp³-hybridized carbons (Fsp3) is 0.500. The summed E-state index contributed by atoms with van der Waals surface area (Å²) in [4.78, 5) is 26.2. The number of thiophene rings is 1. The van der Waals surface area contributed by atoms with Crippen LogP contribution in [-0.2, 0) is 4.79 Å². The molecule has 4 nitrogen and oxygen atoms in total. The Hall–Kier alpha value is -0.880. The van der Waals surface area contributed by atoms with Gasteiger partial charge in [-0.15, -0.1) is 11.3 Å². The van der Waals surface area contributed by atoms with E-state index in [4.69, 9.17) is 0 Å². The maximum absolute atomic E-state index is 12.0. The molecule has 100 valence electrons. The van der Waals surface area contributed by atoms with Gasteiger partial charge < -0.3 is 10.2 Å². The molecule has 0 saturated carbocycles. The van der Waals surface area contributed by atoms with Crippen LogP contribution >= 0.6 is 27.3 Å². The first kappa shape index (κ1) is 15.2. The van der Waals surface area contributed by atoms with E-state index in [2.05, 4.69) is 21.2 Å². The molecule has 0 aromatic carbocycles. The Morgan fingerprint density at radius 1 is 1.44 bits per heavy atom. The van der Waals surface area contributed by atoms with Crippen molar-refractivity contribution >= 4 is 39.1 Å². The number of carbonyl (C=O) groups excluding carboxylic acids is 2. The number of nitrogens with zero attached hydrogens (tertiary/aromatic N) is 1. The van der Waals surface area contributed by atoms with E-state index in [0.29, 0.717) is 18.0 Å². The van der Waals surface area contributed by atoms with Crippen molar-refractivity contribution in [2.24, 2.45) is 0 Å². The number of rotatable bonds is 5. The zero-order chi connectivity index (χ0) is 13.7. The second-order valence-electron chi connectivity index (χ2n) is 3.80. The molecule has 18 heavy (non-hydrogen) atoms. The number of nitrogens with one attached hydrogen (secondary N) is 1. The first-order chi connectivity index (χ1) is 8.51. The van der Waals surface area contributed by atoms with Gasteiger partial charge in [0.05, 0.1) is 0 Å². The zero-order valence-electron chi connectivity index (χ0n) is 10.7. The van der Waals surface area contributed by atoms with Crippen molar-refractivity contribution in [2.45, 2.75) is 26.8 Å². The molecule has 0 spiro atoms. The summed E-state index contributed by atoms with van der Waals surface area (Å²) >= 11 is 4.65. The predicted octanol–water partition coefficient (Wildman–Crippen LogP) is 2.50. The minimum atomic E-state index is -0.508. The number of hydrogen-bond acceptors (Lipinski definition) is 3. The summed E-state index contributed by atoms with van der Waals surface area (Å²) in [5.41, 5.74) is 0. The van der Waals surface area contributed by atoms with Crippen LogP contribution in [0.1, 0.15) is 30.4 Å². The summed E-state index contributed by atoms with van der Waals surface area (Å²) in [7, 11) is 0. The van der Waals surface area contributed by atoms with Crippen LogP contribution in [0.25, 0.3) is 0 Å². The van der Waals surface area contributed by atoms with Gasteiger partial charge in [-0.25, -0.2) is 0 Å². The van der Waals surface area contributed by atoms with Crippen LogP contribution in [0.3, 0.4) is 0 Å². The van der Waals surface area contributed by atoms with Crippen molar-refractivity contribution in [2.75, 3.05) is 13.1 Å². The molecule has 0 bridgehead atoms. The summed E-state index contributed by atoms with van der Waals surface area (Å²) in [5.74, 6) is -0.272. The molecular weight excluding hydrogens is 316 g/mol. The molecule has 1 rings (SSSR count). The fourth-order valence-corrected chi connectivity index (χ4v) is 3.04. The van der Waals surface area contributed by atoms with Gasteiger partial charge in [-0.3, -0.25) is 9.59 Å². The van der Waals surface area contributed by atoms with Gasteiger partial charge in [0, 0.05) is 17.6 Å². The third-order valence-corrected chi connectivity index (χ3v) is 4.45. The molecule has 0 aliphatic heterocycles. The highest BCUT2D eigenvalue weighted by molar-refractivity contribution is 9.10. The van der Waals surface area contributed by atoms with Crippen molar-refractivity contribution < 1.29 is 9.59 Å². The molecule has 1 aromatic heterocycles. The molecule has 1 N–H and O–H groups in total. The molecule has 1 atom stereocenters. The fourth-order valence-electron chi connectivity index (χ4n) is 1.59. The maximum atomic E-state index is 12.0. The second kappa shape index (κ2) is 6.89. The van der Waals surface area contributed by atoms with Gasteiger partial charge in [-0.1, -0.05) is 0 Å². The van der Waals surface area contributed by atoms with Gasteiger partial charge in [-0.05, 0) is 48.1 Å². The van der Waals surface area contributed by atoms with Gasteiger partial charge >= 0.3 is 0 Å². The van der Waals surface area contributed by atoms with E-state index in [1.807, 2.05) is 25.3 Å². The SMILES string of the molecule is CCN(CC)C(=O)C(C)NC(=O)c1sccc1Br. The van der Waals surface area contributed by atoms with Crippen LogP contribution in [0, 0.1) is 0 Å². The van der Waals surface area contributed by atoms with Crippen LogP contribution in [0.15, 0.2) is 15.9 Å². The Bertz CT molecular complexity index is 429. The maximum Gasteiger partial charge on any atom is 0.263 e. The first-order valence-corrected chi connectivity index (χ1v) is 7.51. The van der Waals surface area contributed by atoms with Gasteiger partial charge in [0.1, 0.15) is 10.9 Å². The van der Waals surface area contributed by atoms with E-state index in [1.165, 1.54) is 11.3 Å². The minimum Gasteiger partial charge on any atom is -0.341 e. The van der Waals surface area contributed by atoms with E-state index >= 15 is 0 Å². The summed E-state index contributed by atoms with van der Waals surface area (Å²) in [6.07, 6.45) is 0. The standard InChI is InChI=1S/C12H17BrN2O2S/c1-4-15(5-2)12(17)8(3)14-11(16)10-9(13)6-7-18-10/h6-8H,4-5H2,1-3H3,(H,14,16). The monoisotopic (exact) mass is 332 g/mol. The van der Waals surface area contributed by atoms with Crippen LogP contribution in [-0.4, -0.2) is 35.8 Å². The van der Waals surface area contributed by atoms with E-state index < -0.39 is 6.04 Å². The Morgan fingerprint density at radius 2 is 2.06 bits per heavy atom. The van der Waals surface area contributed by atoms with Crippen molar-refractivity contribution in [3.63, 3.8) is 0 Å². The first-order valence-electron chi connectivity index (χ1n) is 5.83. The van der Waals surface area contributed by atoms with Gasteiger partial charge in [0.2, 0.25) is 5.91 Å².